The molecular formula is C50H54O5. The number of para-hydroxylation sites is 2. The minimum Gasteiger partial charge on any atom is -0.494 e. The van der Waals surface area contributed by atoms with E-state index in [2.05, 4.69) is 113 Å². The Hall–Kier alpha value is -5.52. The molecule has 0 bridgehead atoms. The minimum absolute atomic E-state index is 0.245. The first-order valence-corrected chi connectivity index (χ1v) is 19.6. The monoisotopic (exact) mass is 734 g/mol. The van der Waals surface area contributed by atoms with Gasteiger partial charge in [0.15, 0.2) is 0 Å². The fourth-order valence-corrected chi connectivity index (χ4v) is 7.42. The molecule has 0 aromatic heterocycles. The van der Waals surface area contributed by atoms with Gasteiger partial charge in [-0.15, -0.1) is 0 Å². The third kappa shape index (κ3) is 9.59. The van der Waals surface area contributed by atoms with Gasteiger partial charge >= 0.3 is 0 Å². The molecule has 0 amide bonds. The Balaban J connectivity index is 1.62. The molecule has 55 heavy (non-hydrogen) atoms. The largest absolute Gasteiger partial charge is 0.494 e. The predicted octanol–water partition coefficient (Wildman–Crippen LogP) is 13.4. The summed E-state index contributed by atoms with van der Waals surface area (Å²) in [7, 11) is 0. The lowest BCUT2D eigenvalue weighted by Crippen LogP contribution is -2.44. The third-order valence-electron chi connectivity index (χ3n) is 9.56. The molecule has 0 heterocycles. The van der Waals surface area contributed by atoms with Gasteiger partial charge in [0.05, 0.1) is 13.2 Å². The van der Waals surface area contributed by atoms with Crippen LogP contribution in [0.5, 0.6) is 34.5 Å². The zero-order valence-corrected chi connectivity index (χ0v) is 33.0. The normalized spacial score (nSPS) is 13.5. The van der Waals surface area contributed by atoms with Crippen molar-refractivity contribution in [3.8, 4) is 34.5 Å². The molecule has 6 aromatic carbocycles. The van der Waals surface area contributed by atoms with Crippen LogP contribution in [0.15, 0.2) is 158 Å². The topological polar surface area (TPSA) is 46.2 Å². The summed E-state index contributed by atoms with van der Waals surface area (Å²) in [5.41, 5.74) is 2.15. The van der Waals surface area contributed by atoms with Crippen LogP contribution in [-0.4, -0.2) is 13.2 Å². The molecule has 0 aliphatic carbocycles. The SMILES string of the molecule is CCOc1ccc(C(CC(C)C)(OC(CC(C)C)(c2ccc(OCC)cc2)c2cccc(Oc3ccccc3)c2)c2cccc(Oc3ccccc3)c2)cc1. The number of benzene rings is 6. The molecule has 0 saturated heterocycles. The highest BCUT2D eigenvalue weighted by Crippen LogP contribution is 2.51. The van der Waals surface area contributed by atoms with E-state index in [1.54, 1.807) is 0 Å². The number of ether oxygens (including phenoxy) is 5. The number of hydrogen-bond acceptors (Lipinski definition) is 5. The average molecular weight is 735 g/mol. The van der Waals surface area contributed by atoms with Crippen LogP contribution in [0.1, 0.15) is 76.6 Å². The van der Waals surface area contributed by atoms with Crippen molar-refractivity contribution >= 4 is 0 Å². The standard InChI is InChI=1S/C50H54O5/c1-7-51-43-29-25-39(26-30-43)49(35-37(3)4,41-17-15-23-47(33-41)53-45-19-11-9-12-20-45)55-50(36-38(5)6,40-27-31-44(32-28-40)52-8-2)42-18-16-24-48(34-42)54-46-21-13-10-14-22-46/h9-34,37-38H,7-8,35-36H2,1-6H3. The van der Waals surface area contributed by atoms with Gasteiger partial charge in [0.1, 0.15) is 45.7 Å². The second-order valence-electron chi connectivity index (χ2n) is 14.8. The summed E-state index contributed by atoms with van der Waals surface area (Å²) in [4.78, 5) is 0. The second-order valence-corrected chi connectivity index (χ2v) is 14.8. The summed E-state index contributed by atoms with van der Waals surface area (Å²) in [5, 5.41) is 0. The van der Waals surface area contributed by atoms with E-state index in [1.165, 1.54) is 0 Å². The molecule has 2 unspecified atom stereocenters. The van der Waals surface area contributed by atoms with E-state index in [-0.39, 0.29) is 11.8 Å². The zero-order chi connectivity index (χ0) is 38.7. The number of rotatable bonds is 18. The molecule has 5 nitrogen and oxygen atoms in total. The first-order chi connectivity index (χ1) is 26.7. The van der Waals surface area contributed by atoms with Crippen LogP contribution in [0.4, 0.5) is 0 Å². The molecule has 0 N–H and O–H groups in total. The lowest BCUT2D eigenvalue weighted by molar-refractivity contribution is -0.143. The maximum atomic E-state index is 8.21. The van der Waals surface area contributed by atoms with E-state index in [0.29, 0.717) is 26.1 Å². The summed E-state index contributed by atoms with van der Waals surface area (Å²) in [6.07, 6.45) is 1.37. The van der Waals surface area contributed by atoms with E-state index in [1.807, 2.05) is 86.6 Å². The first kappa shape index (κ1) is 39.2. The van der Waals surface area contributed by atoms with Crippen LogP contribution >= 0.6 is 0 Å². The number of hydrogen-bond donors (Lipinski definition) is 0. The summed E-state index contributed by atoms with van der Waals surface area (Å²) in [6.45, 7) is 14.2. The quantitative estimate of drug-likeness (QED) is 0.0880. The van der Waals surface area contributed by atoms with Crippen LogP contribution in [0.2, 0.25) is 0 Å². The van der Waals surface area contributed by atoms with Crippen molar-refractivity contribution < 1.29 is 23.7 Å². The highest BCUT2D eigenvalue weighted by molar-refractivity contribution is 5.48. The molecule has 0 aliphatic rings. The van der Waals surface area contributed by atoms with Gasteiger partial charge in [0.25, 0.3) is 0 Å². The molecule has 0 aliphatic heterocycles. The Kier molecular flexibility index (Phi) is 13.0. The van der Waals surface area contributed by atoms with E-state index in [0.717, 1.165) is 56.8 Å². The Labute approximate surface area is 327 Å². The van der Waals surface area contributed by atoms with Crippen LogP contribution < -0.4 is 18.9 Å². The fraction of sp³-hybridized carbons (Fsp3) is 0.280. The molecule has 0 fully saturated rings. The van der Waals surface area contributed by atoms with Gasteiger partial charge in [0, 0.05) is 0 Å². The second kappa shape index (κ2) is 18.2. The molecule has 0 spiro atoms. The van der Waals surface area contributed by atoms with Gasteiger partial charge in [-0.2, -0.15) is 0 Å². The third-order valence-corrected chi connectivity index (χ3v) is 9.56. The Morgan fingerprint density at radius 1 is 0.382 bits per heavy atom. The average Bonchev–Trinajstić information content (AvgIpc) is 3.19. The van der Waals surface area contributed by atoms with Gasteiger partial charge in [-0.05, 0) is 134 Å². The van der Waals surface area contributed by atoms with Crippen molar-refractivity contribution in [1.82, 2.24) is 0 Å². The lowest BCUT2D eigenvalue weighted by atomic mass is 9.75. The molecule has 6 aromatic rings. The van der Waals surface area contributed by atoms with Gasteiger partial charge in [-0.25, -0.2) is 0 Å². The molecule has 5 heteroatoms. The van der Waals surface area contributed by atoms with Crippen LogP contribution in [0.3, 0.4) is 0 Å². The molecule has 0 radical (unpaired) electrons. The van der Waals surface area contributed by atoms with Crippen molar-refractivity contribution in [2.45, 2.75) is 65.6 Å². The summed E-state index contributed by atoms with van der Waals surface area (Å²) in [5.74, 6) is 5.14. The maximum absolute atomic E-state index is 8.21. The Morgan fingerprint density at radius 2 is 0.745 bits per heavy atom. The van der Waals surface area contributed by atoms with Crippen molar-refractivity contribution in [2.75, 3.05) is 13.2 Å². The first-order valence-electron chi connectivity index (χ1n) is 19.6. The van der Waals surface area contributed by atoms with E-state index < -0.39 is 11.2 Å². The Bertz CT molecular complexity index is 1910. The Morgan fingerprint density at radius 3 is 1.09 bits per heavy atom. The maximum Gasteiger partial charge on any atom is 0.127 e. The minimum atomic E-state index is -0.946. The van der Waals surface area contributed by atoms with Gasteiger partial charge in [-0.3, -0.25) is 0 Å². The molecule has 284 valence electrons. The van der Waals surface area contributed by atoms with E-state index >= 15 is 0 Å². The smallest absolute Gasteiger partial charge is 0.127 e. The summed E-state index contributed by atoms with van der Waals surface area (Å²) in [6, 6.07) is 53.4. The van der Waals surface area contributed by atoms with Gasteiger partial charge < -0.3 is 23.7 Å². The van der Waals surface area contributed by atoms with Crippen LogP contribution in [0, 0.1) is 11.8 Å². The highest BCUT2D eigenvalue weighted by atomic mass is 16.5. The lowest BCUT2D eigenvalue weighted by Gasteiger charge is -2.47. The van der Waals surface area contributed by atoms with Crippen molar-refractivity contribution in [3.63, 3.8) is 0 Å². The van der Waals surface area contributed by atoms with E-state index in [4.69, 9.17) is 23.7 Å². The molecule has 2 atom stereocenters. The van der Waals surface area contributed by atoms with Crippen molar-refractivity contribution in [1.29, 1.82) is 0 Å². The highest BCUT2D eigenvalue weighted by Gasteiger charge is 2.47. The molecule has 0 saturated carbocycles. The zero-order valence-electron chi connectivity index (χ0n) is 33.0. The fourth-order valence-electron chi connectivity index (χ4n) is 7.42. The van der Waals surface area contributed by atoms with Gasteiger partial charge in [-0.1, -0.05) is 113 Å². The predicted molar refractivity (Wildman–Crippen MR) is 223 cm³/mol. The van der Waals surface area contributed by atoms with Crippen LogP contribution in [-0.2, 0) is 15.9 Å². The van der Waals surface area contributed by atoms with Crippen LogP contribution in [0.25, 0.3) is 0 Å². The summed E-state index contributed by atoms with van der Waals surface area (Å²) >= 11 is 0. The van der Waals surface area contributed by atoms with Crippen molar-refractivity contribution in [3.05, 3.63) is 180 Å². The van der Waals surface area contributed by atoms with Crippen molar-refractivity contribution in [2.24, 2.45) is 11.8 Å². The summed E-state index contributed by atoms with van der Waals surface area (Å²) < 4.78 is 33.0. The molecule has 6 rings (SSSR count). The molecular weight excluding hydrogens is 681 g/mol. The van der Waals surface area contributed by atoms with Gasteiger partial charge in [0.2, 0.25) is 0 Å². The van der Waals surface area contributed by atoms with E-state index in [9.17, 15) is 0 Å².